The molecule has 0 saturated heterocycles. The molecule has 2 aromatic heterocycles. The van der Waals surface area contributed by atoms with Crippen LogP contribution in [-0.2, 0) is 11.2 Å². The van der Waals surface area contributed by atoms with Gasteiger partial charge >= 0.3 is 0 Å². The normalized spacial score (nSPS) is 10.5. The first-order chi connectivity index (χ1) is 12.1. The molecule has 0 radical (unpaired) electrons. The standard InChI is InChI=1S/C17H17N3O4S/c1-10-18-17(24-20-10)16-12(6-7-25-16)19-15(21)9-11-4-5-13(22-2)14(8-11)23-3/h4-8H,9H2,1-3H3,(H,19,21). The van der Waals surface area contributed by atoms with Gasteiger partial charge in [-0.2, -0.15) is 4.98 Å². The van der Waals surface area contributed by atoms with Crippen molar-refractivity contribution in [3.05, 3.63) is 41.0 Å². The molecular formula is C17H17N3O4S. The highest BCUT2D eigenvalue weighted by molar-refractivity contribution is 7.14. The summed E-state index contributed by atoms with van der Waals surface area (Å²) in [4.78, 5) is 17.3. The average Bonchev–Trinajstić information content (AvgIpc) is 3.23. The summed E-state index contributed by atoms with van der Waals surface area (Å²) in [6.45, 7) is 1.75. The van der Waals surface area contributed by atoms with Crippen LogP contribution in [0.3, 0.4) is 0 Å². The molecule has 3 rings (SSSR count). The van der Waals surface area contributed by atoms with E-state index in [2.05, 4.69) is 15.5 Å². The molecule has 25 heavy (non-hydrogen) atoms. The lowest BCUT2D eigenvalue weighted by Crippen LogP contribution is -2.14. The molecule has 8 heteroatoms. The molecular weight excluding hydrogens is 342 g/mol. The molecule has 2 heterocycles. The Labute approximate surface area is 148 Å². The lowest BCUT2D eigenvalue weighted by molar-refractivity contribution is -0.115. The van der Waals surface area contributed by atoms with Gasteiger partial charge in [-0.15, -0.1) is 11.3 Å². The largest absolute Gasteiger partial charge is 0.493 e. The molecule has 1 aromatic carbocycles. The maximum absolute atomic E-state index is 12.4. The molecule has 3 aromatic rings. The number of benzene rings is 1. The van der Waals surface area contributed by atoms with E-state index in [0.717, 1.165) is 10.4 Å². The number of ether oxygens (including phenoxy) is 2. The number of hydrogen-bond acceptors (Lipinski definition) is 7. The van der Waals surface area contributed by atoms with Gasteiger partial charge in [0.05, 0.1) is 26.3 Å². The summed E-state index contributed by atoms with van der Waals surface area (Å²) >= 11 is 1.43. The van der Waals surface area contributed by atoms with Gasteiger partial charge in [0.25, 0.3) is 5.89 Å². The van der Waals surface area contributed by atoms with Gasteiger partial charge in [-0.1, -0.05) is 11.2 Å². The van der Waals surface area contributed by atoms with Crippen molar-refractivity contribution in [2.24, 2.45) is 0 Å². The Morgan fingerprint density at radius 3 is 2.72 bits per heavy atom. The highest BCUT2D eigenvalue weighted by Gasteiger charge is 2.16. The van der Waals surface area contributed by atoms with Crippen molar-refractivity contribution in [3.63, 3.8) is 0 Å². The molecule has 0 unspecified atom stereocenters. The number of aryl methyl sites for hydroxylation is 1. The van der Waals surface area contributed by atoms with E-state index < -0.39 is 0 Å². The summed E-state index contributed by atoms with van der Waals surface area (Å²) in [7, 11) is 3.13. The predicted molar refractivity (Wildman–Crippen MR) is 94.2 cm³/mol. The number of hydrogen-bond donors (Lipinski definition) is 1. The van der Waals surface area contributed by atoms with Crippen LogP contribution in [0, 0.1) is 6.92 Å². The summed E-state index contributed by atoms with van der Waals surface area (Å²) in [5.41, 5.74) is 1.47. The fourth-order valence-corrected chi connectivity index (χ4v) is 3.10. The number of rotatable bonds is 6. The number of carbonyl (C=O) groups excluding carboxylic acids is 1. The van der Waals surface area contributed by atoms with Crippen LogP contribution < -0.4 is 14.8 Å². The van der Waals surface area contributed by atoms with Crippen LogP contribution in [-0.4, -0.2) is 30.3 Å². The average molecular weight is 359 g/mol. The minimum absolute atomic E-state index is 0.150. The Balaban J connectivity index is 1.73. The third-order valence-corrected chi connectivity index (χ3v) is 4.38. The van der Waals surface area contributed by atoms with E-state index >= 15 is 0 Å². The third-order valence-electron chi connectivity index (χ3n) is 3.47. The maximum Gasteiger partial charge on any atom is 0.270 e. The van der Waals surface area contributed by atoms with Crippen molar-refractivity contribution in [1.82, 2.24) is 10.1 Å². The number of nitrogens with zero attached hydrogens (tertiary/aromatic N) is 2. The van der Waals surface area contributed by atoms with Crippen molar-refractivity contribution >= 4 is 22.9 Å². The Kier molecular flexibility index (Phi) is 4.99. The summed E-state index contributed by atoms with van der Waals surface area (Å²) < 4.78 is 15.6. The molecule has 0 atom stereocenters. The zero-order valence-electron chi connectivity index (χ0n) is 14.0. The van der Waals surface area contributed by atoms with Crippen LogP contribution in [0.15, 0.2) is 34.2 Å². The van der Waals surface area contributed by atoms with E-state index in [1.807, 2.05) is 17.5 Å². The highest BCUT2D eigenvalue weighted by atomic mass is 32.1. The van der Waals surface area contributed by atoms with E-state index in [-0.39, 0.29) is 12.3 Å². The first-order valence-corrected chi connectivity index (χ1v) is 8.37. The molecule has 1 amide bonds. The molecule has 0 spiro atoms. The number of anilines is 1. The van der Waals surface area contributed by atoms with Crippen LogP contribution in [0.25, 0.3) is 10.8 Å². The molecule has 0 aliphatic rings. The van der Waals surface area contributed by atoms with E-state index in [9.17, 15) is 4.79 Å². The monoisotopic (exact) mass is 359 g/mol. The maximum atomic E-state index is 12.4. The van der Waals surface area contributed by atoms with Crippen molar-refractivity contribution in [3.8, 4) is 22.3 Å². The second-order valence-electron chi connectivity index (χ2n) is 5.22. The van der Waals surface area contributed by atoms with Gasteiger partial charge in [-0.25, -0.2) is 0 Å². The summed E-state index contributed by atoms with van der Waals surface area (Å²) in [6.07, 6.45) is 0.207. The van der Waals surface area contributed by atoms with Gasteiger partial charge in [0, 0.05) is 0 Å². The topological polar surface area (TPSA) is 86.5 Å². The van der Waals surface area contributed by atoms with Crippen LogP contribution >= 0.6 is 11.3 Å². The zero-order valence-corrected chi connectivity index (χ0v) is 14.8. The van der Waals surface area contributed by atoms with Gasteiger partial charge in [0.2, 0.25) is 5.91 Å². The van der Waals surface area contributed by atoms with E-state index in [0.29, 0.717) is 28.9 Å². The number of methoxy groups -OCH3 is 2. The number of amides is 1. The molecule has 7 nitrogen and oxygen atoms in total. The summed E-state index contributed by atoms with van der Waals surface area (Å²) in [5.74, 6) is 2.01. The summed E-state index contributed by atoms with van der Waals surface area (Å²) in [5, 5.41) is 8.52. The minimum Gasteiger partial charge on any atom is -0.493 e. The lowest BCUT2D eigenvalue weighted by Gasteiger charge is -2.10. The molecule has 0 saturated carbocycles. The first-order valence-electron chi connectivity index (χ1n) is 7.49. The molecule has 0 bridgehead atoms. The highest BCUT2D eigenvalue weighted by Crippen LogP contribution is 2.33. The fraction of sp³-hybridized carbons (Fsp3) is 0.235. The van der Waals surface area contributed by atoms with Gasteiger partial charge in [-0.05, 0) is 36.1 Å². The number of nitrogens with one attached hydrogen (secondary N) is 1. The van der Waals surface area contributed by atoms with Crippen LogP contribution in [0.2, 0.25) is 0 Å². The molecule has 0 aliphatic heterocycles. The lowest BCUT2D eigenvalue weighted by atomic mass is 10.1. The Bertz CT molecular complexity index is 888. The van der Waals surface area contributed by atoms with Crippen LogP contribution in [0.5, 0.6) is 11.5 Å². The summed E-state index contributed by atoms with van der Waals surface area (Å²) in [6, 6.07) is 7.20. The Hall–Kier alpha value is -2.87. The van der Waals surface area contributed by atoms with E-state index in [4.69, 9.17) is 14.0 Å². The second kappa shape index (κ2) is 7.35. The SMILES string of the molecule is COc1ccc(CC(=O)Nc2ccsc2-c2nc(C)no2)cc1OC. The molecule has 1 N–H and O–H groups in total. The third kappa shape index (κ3) is 3.80. The molecule has 0 fully saturated rings. The van der Waals surface area contributed by atoms with Crippen LogP contribution in [0.1, 0.15) is 11.4 Å². The van der Waals surface area contributed by atoms with E-state index in [1.54, 1.807) is 33.3 Å². The van der Waals surface area contributed by atoms with Crippen molar-refractivity contribution in [2.75, 3.05) is 19.5 Å². The Morgan fingerprint density at radius 1 is 1.24 bits per heavy atom. The van der Waals surface area contributed by atoms with Gasteiger partial charge < -0.3 is 19.3 Å². The van der Waals surface area contributed by atoms with Crippen molar-refractivity contribution in [2.45, 2.75) is 13.3 Å². The number of thiophene rings is 1. The smallest absolute Gasteiger partial charge is 0.270 e. The number of carbonyl (C=O) groups is 1. The van der Waals surface area contributed by atoms with Crippen molar-refractivity contribution < 1.29 is 18.8 Å². The van der Waals surface area contributed by atoms with E-state index in [1.165, 1.54) is 11.3 Å². The first kappa shape index (κ1) is 17.0. The van der Waals surface area contributed by atoms with Gasteiger partial charge in [-0.3, -0.25) is 4.79 Å². The van der Waals surface area contributed by atoms with Crippen LogP contribution in [0.4, 0.5) is 5.69 Å². The number of aromatic nitrogens is 2. The quantitative estimate of drug-likeness (QED) is 0.727. The molecule has 130 valence electrons. The molecule has 0 aliphatic carbocycles. The second-order valence-corrected chi connectivity index (χ2v) is 6.14. The minimum atomic E-state index is -0.150. The predicted octanol–water partition coefficient (Wildman–Crippen LogP) is 3.30. The Morgan fingerprint density at radius 2 is 2.04 bits per heavy atom. The van der Waals surface area contributed by atoms with Gasteiger partial charge in [0.1, 0.15) is 4.88 Å². The zero-order chi connectivity index (χ0) is 17.8. The fourth-order valence-electron chi connectivity index (χ4n) is 2.33. The van der Waals surface area contributed by atoms with Gasteiger partial charge in [0.15, 0.2) is 17.3 Å². The van der Waals surface area contributed by atoms with Crippen molar-refractivity contribution in [1.29, 1.82) is 0 Å².